The lowest BCUT2D eigenvalue weighted by atomic mass is 10.1. The molecule has 0 bridgehead atoms. The third-order valence-corrected chi connectivity index (χ3v) is 3.87. The predicted molar refractivity (Wildman–Crippen MR) is 102 cm³/mol. The average Bonchev–Trinajstić information content (AvgIpc) is 2.67. The van der Waals surface area contributed by atoms with Gasteiger partial charge in [-0.05, 0) is 48.7 Å². The zero-order chi connectivity index (χ0) is 18.8. The Hall–Kier alpha value is -2.73. The standard InChI is InChI=1S/C20H26N2O4/c1-24-18-9-6-15(19(14-18)25-2)4-3-5-20(23)22-16-7-10-17(11-8-16)26-13-12-21/h6-11,14H,3-5,12-13,21H2,1-2H3,(H,22,23). The third kappa shape index (κ3) is 5.97. The van der Waals surface area contributed by atoms with E-state index in [0.29, 0.717) is 19.6 Å². The predicted octanol–water partition coefficient (Wildman–Crippen LogP) is 3.00. The quantitative estimate of drug-likeness (QED) is 0.682. The highest BCUT2D eigenvalue weighted by atomic mass is 16.5. The Morgan fingerprint density at radius 2 is 1.77 bits per heavy atom. The number of anilines is 1. The molecule has 140 valence electrons. The van der Waals surface area contributed by atoms with Gasteiger partial charge in [0.2, 0.25) is 5.91 Å². The Morgan fingerprint density at radius 1 is 1.04 bits per heavy atom. The average molecular weight is 358 g/mol. The van der Waals surface area contributed by atoms with Crippen molar-refractivity contribution in [1.29, 1.82) is 0 Å². The van der Waals surface area contributed by atoms with Crippen LogP contribution in [-0.2, 0) is 11.2 Å². The summed E-state index contributed by atoms with van der Waals surface area (Å²) < 4.78 is 16.0. The van der Waals surface area contributed by atoms with Crippen molar-refractivity contribution in [2.75, 3.05) is 32.7 Å². The van der Waals surface area contributed by atoms with Crippen LogP contribution in [0.3, 0.4) is 0 Å². The number of rotatable bonds is 10. The second-order valence-electron chi connectivity index (χ2n) is 5.74. The molecular formula is C20H26N2O4. The molecule has 2 aromatic rings. The third-order valence-electron chi connectivity index (χ3n) is 3.87. The summed E-state index contributed by atoms with van der Waals surface area (Å²) >= 11 is 0. The van der Waals surface area contributed by atoms with E-state index in [1.165, 1.54) is 0 Å². The summed E-state index contributed by atoms with van der Waals surface area (Å²) in [6.07, 6.45) is 1.92. The molecule has 0 fully saturated rings. The number of methoxy groups -OCH3 is 2. The molecule has 2 rings (SSSR count). The lowest BCUT2D eigenvalue weighted by Crippen LogP contribution is -2.12. The van der Waals surface area contributed by atoms with Crippen molar-refractivity contribution in [3.05, 3.63) is 48.0 Å². The number of ether oxygens (including phenoxy) is 3. The van der Waals surface area contributed by atoms with Crippen molar-refractivity contribution in [3.63, 3.8) is 0 Å². The van der Waals surface area contributed by atoms with Gasteiger partial charge in [-0.15, -0.1) is 0 Å². The second kappa shape index (κ2) is 10.3. The first kappa shape index (κ1) is 19.6. The molecule has 26 heavy (non-hydrogen) atoms. The molecule has 0 saturated carbocycles. The first-order chi connectivity index (χ1) is 12.7. The van der Waals surface area contributed by atoms with Crippen LogP contribution in [0.5, 0.6) is 17.2 Å². The number of nitrogens with two attached hydrogens (primary N) is 1. The molecule has 0 aliphatic heterocycles. The summed E-state index contributed by atoms with van der Waals surface area (Å²) in [5, 5.41) is 2.89. The van der Waals surface area contributed by atoms with E-state index in [4.69, 9.17) is 19.9 Å². The molecule has 0 atom stereocenters. The summed E-state index contributed by atoms with van der Waals surface area (Å²) in [4.78, 5) is 12.1. The largest absolute Gasteiger partial charge is 0.497 e. The molecule has 0 radical (unpaired) electrons. The molecule has 0 spiro atoms. The number of carbonyl (C=O) groups excluding carboxylic acids is 1. The molecule has 0 saturated heterocycles. The smallest absolute Gasteiger partial charge is 0.224 e. The number of hydrogen-bond donors (Lipinski definition) is 2. The molecule has 0 aliphatic rings. The second-order valence-corrected chi connectivity index (χ2v) is 5.74. The van der Waals surface area contributed by atoms with Gasteiger partial charge in [-0.1, -0.05) is 6.07 Å². The van der Waals surface area contributed by atoms with Gasteiger partial charge in [0.05, 0.1) is 14.2 Å². The summed E-state index contributed by atoms with van der Waals surface area (Å²) in [6, 6.07) is 13.0. The van der Waals surface area contributed by atoms with Crippen molar-refractivity contribution in [2.45, 2.75) is 19.3 Å². The maximum atomic E-state index is 12.1. The molecule has 6 heteroatoms. The molecule has 0 aromatic heterocycles. The minimum Gasteiger partial charge on any atom is -0.497 e. The monoisotopic (exact) mass is 358 g/mol. The number of hydrogen-bond acceptors (Lipinski definition) is 5. The lowest BCUT2D eigenvalue weighted by Gasteiger charge is -2.10. The Kier molecular flexibility index (Phi) is 7.76. The van der Waals surface area contributed by atoms with E-state index in [2.05, 4.69) is 5.32 Å². The number of benzene rings is 2. The Labute approximate surface area is 154 Å². The number of nitrogens with one attached hydrogen (secondary N) is 1. The van der Waals surface area contributed by atoms with Crippen LogP contribution in [0.25, 0.3) is 0 Å². The molecule has 3 N–H and O–H groups in total. The minimum atomic E-state index is -0.0203. The molecule has 0 unspecified atom stereocenters. The summed E-state index contributed by atoms with van der Waals surface area (Å²) in [5.74, 6) is 2.24. The highest BCUT2D eigenvalue weighted by Gasteiger charge is 2.07. The molecule has 0 aliphatic carbocycles. The Bertz CT molecular complexity index is 701. The number of carbonyl (C=O) groups is 1. The molecule has 0 heterocycles. The number of amides is 1. The van der Waals surface area contributed by atoms with Gasteiger partial charge in [-0.2, -0.15) is 0 Å². The Balaban J connectivity index is 1.80. The first-order valence-corrected chi connectivity index (χ1v) is 8.60. The molecule has 6 nitrogen and oxygen atoms in total. The Morgan fingerprint density at radius 3 is 2.42 bits per heavy atom. The van der Waals surface area contributed by atoms with E-state index >= 15 is 0 Å². The van der Waals surface area contributed by atoms with Crippen molar-refractivity contribution >= 4 is 11.6 Å². The molecule has 1 amide bonds. The van der Waals surface area contributed by atoms with Crippen molar-refractivity contribution in [1.82, 2.24) is 0 Å². The summed E-state index contributed by atoms with van der Waals surface area (Å²) in [5.41, 5.74) is 7.20. The lowest BCUT2D eigenvalue weighted by molar-refractivity contribution is -0.116. The minimum absolute atomic E-state index is 0.0203. The van der Waals surface area contributed by atoms with Crippen LogP contribution in [0, 0.1) is 0 Å². The fourth-order valence-electron chi connectivity index (χ4n) is 2.53. The van der Waals surface area contributed by atoms with Crippen LogP contribution in [-0.4, -0.2) is 33.3 Å². The topological polar surface area (TPSA) is 82.8 Å². The molecular weight excluding hydrogens is 332 g/mol. The van der Waals surface area contributed by atoms with Gasteiger partial charge in [-0.3, -0.25) is 4.79 Å². The van der Waals surface area contributed by atoms with Crippen LogP contribution in [0.2, 0.25) is 0 Å². The van der Waals surface area contributed by atoms with Crippen LogP contribution in [0.1, 0.15) is 18.4 Å². The zero-order valence-electron chi connectivity index (χ0n) is 15.3. The maximum absolute atomic E-state index is 12.1. The van der Waals surface area contributed by atoms with Crippen LogP contribution in [0.4, 0.5) is 5.69 Å². The van der Waals surface area contributed by atoms with Crippen molar-refractivity contribution in [2.24, 2.45) is 5.73 Å². The van der Waals surface area contributed by atoms with Gasteiger partial charge in [0.25, 0.3) is 0 Å². The van der Waals surface area contributed by atoms with E-state index < -0.39 is 0 Å². The fraction of sp³-hybridized carbons (Fsp3) is 0.350. The van der Waals surface area contributed by atoms with Gasteiger partial charge in [-0.25, -0.2) is 0 Å². The highest BCUT2D eigenvalue weighted by Crippen LogP contribution is 2.26. The van der Waals surface area contributed by atoms with Gasteiger partial charge >= 0.3 is 0 Å². The van der Waals surface area contributed by atoms with E-state index in [-0.39, 0.29) is 5.91 Å². The van der Waals surface area contributed by atoms with Gasteiger partial charge in [0, 0.05) is 24.7 Å². The van der Waals surface area contributed by atoms with Crippen LogP contribution >= 0.6 is 0 Å². The van der Waals surface area contributed by atoms with Crippen LogP contribution in [0.15, 0.2) is 42.5 Å². The van der Waals surface area contributed by atoms with Gasteiger partial charge in [0.1, 0.15) is 23.9 Å². The van der Waals surface area contributed by atoms with E-state index in [0.717, 1.165) is 41.3 Å². The SMILES string of the molecule is COc1ccc(CCCC(=O)Nc2ccc(OCCN)cc2)c(OC)c1. The van der Waals surface area contributed by atoms with E-state index in [1.807, 2.05) is 42.5 Å². The van der Waals surface area contributed by atoms with Crippen LogP contribution < -0.4 is 25.3 Å². The first-order valence-electron chi connectivity index (χ1n) is 8.60. The van der Waals surface area contributed by atoms with Gasteiger partial charge < -0.3 is 25.3 Å². The zero-order valence-corrected chi connectivity index (χ0v) is 15.3. The van der Waals surface area contributed by atoms with Crippen molar-refractivity contribution in [3.8, 4) is 17.2 Å². The van der Waals surface area contributed by atoms with E-state index in [9.17, 15) is 4.79 Å². The fourth-order valence-corrected chi connectivity index (χ4v) is 2.53. The summed E-state index contributed by atoms with van der Waals surface area (Å²) in [7, 11) is 3.25. The van der Waals surface area contributed by atoms with E-state index in [1.54, 1.807) is 14.2 Å². The maximum Gasteiger partial charge on any atom is 0.224 e. The molecule has 2 aromatic carbocycles. The summed E-state index contributed by atoms with van der Waals surface area (Å²) in [6.45, 7) is 0.942. The number of aryl methyl sites for hydroxylation is 1. The normalized spacial score (nSPS) is 10.3. The highest BCUT2D eigenvalue weighted by molar-refractivity contribution is 5.90. The van der Waals surface area contributed by atoms with Gasteiger partial charge in [0.15, 0.2) is 0 Å². The van der Waals surface area contributed by atoms with Crippen molar-refractivity contribution < 1.29 is 19.0 Å².